The fourth-order valence-corrected chi connectivity index (χ4v) is 3.53. The molecular formula is C23H29NO2. The fourth-order valence-electron chi connectivity index (χ4n) is 3.53. The van der Waals surface area contributed by atoms with Crippen molar-refractivity contribution in [1.29, 1.82) is 0 Å². The summed E-state index contributed by atoms with van der Waals surface area (Å²) in [5, 5.41) is 0. The number of carbonyl (C=O) groups is 1. The second kappa shape index (κ2) is 9.00. The summed E-state index contributed by atoms with van der Waals surface area (Å²) in [6.07, 6.45) is 3.61. The van der Waals surface area contributed by atoms with Gasteiger partial charge in [0, 0.05) is 13.1 Å². The third kappa shape index (κ3) is 5.18. The highest BCUT2D eigenvalue weighted by atomic mass is 16.5. The van der Waals surface area contributed by atoms with Crippen LogP contribution >= 0.6 is 0 Å². The number of carbonyl (C=O) groups excluding carboxylic acids is 1. The Kier molecular flexibility index (Phi) is 6.45. The monoisotopic (exact) mass is 351 g/mol. The molecule has 1 aliphatic heterocycles. The van der Waals surface area contributed by atoms with Crippen molar-refractivity contribution in [1.82, 2.24) is 4.90 Å². The summed E-state index contributed by atoms with van der Waals surface area (Å²) in [6, 6.07) is 16.8. The Morgan fingerprint density at radius 1 is 1.08 bits per heavy atom. The Bertz CT molecular complexity index is 718. The summed E-state index contributed by atoms with van der Waals surface area (Å²) < 4.78 is 6.03. The minimum atomic E-state index is 0.237. The average Bonchev–Trinajstić information content (AvgIpc) is 2.66. The van der Waals surface area contributed by atoms with Crippen molar-refractivity contribution in [3.63, 3.8) is 0 Å². The van der Waals surface area contributed by atoms with Crippen LogP contribution in [0, 0.1) is 13.8 Å². The van der Waals surface area contributed by atoms with Gasteiger partial charge in [0.2, 0.25) is 5.91 Å². The minimum Gasteiger partial charge on any atom is -0.378 e. The third-order valence-corrected chi connectivity index (χ3v) is 5.23. The van der Waals surface area contributed by atoms with Gasteiger partial charge in [0.05, 0.1) is 19.1 Å². The van der Waals surface area contributed by atoms with Crippen LogP contribution in [-0.4, -0.2) is 36.6 Å². The second-order valence-corrected chi connectivity index (χ2v) is 7.29. The number of nitrogens with zero attached hydrogens (tertiary/aromatic N) is 1. The van der Waals surface area contributed by atoms with Crippen LogP contribution < -0.4 is 0 Å². The Labute approximate surface area is 157 Å². The molecule has 138 valence electrons. The SMILES string of the molecule is Cc1ccc(C)c(CC(=O)N2CCC(OCCc3ccccc3)CC2)c1. The molecule has 0 N–H and O–H groups in total. The molecule has 1 amide bonds. The summed E-state index contributed by atoms with van der Waals surface area (Å²) >= 11 is 0. The third-order valence-electron chi connectivity index (χ3n) is 5.23. The molecule has 2 aromatic rings. The molecule has 1 saturated heterocycles. The normalized spacial score (nSPS) is 15.2. The van der Waals surface area contributed by atoms with E-state index in [1.54, 1.807) is 0 Å². The van der Waals surface area contributed by atoms with Crippen molar-refractivity contribution < 1.29 is 9.53 Å². The number of piperidine rings is 1. The van der Waals surface area contributed by atoms with Gasteiger partial charge >= 0.3 is 0 Å². The standard InChI is InChI=1S/C23H29NO2/c1-18-8-9-19(2)21(16-18)17-23(25)24-13-10-22(11-14-24)26-15-12-20-6-4-3-5-7-20/h3-9,16,22H,10-15,17H2,1-2H3. The molecule has 1 heterocycles. The van der Waals surface area contributed by atoms with E-state index in [1.807, 2.05) is 11.0 Å². The van der Waals surface area contributed by atoms with Gasteiger partial charge < -0.3 is 9.64 Å². The highest BCUT2D eigenvalue weighted by molar-refractivity contribution is 5.79. The van der Waals surface area contributed by atoms with Gasteiger partial charge in [-0.15, -0.1) is 0 Å². The Morgan fingerprint density at radius 2 is 1.81 bits per heavy atom. The number of aryl methyl sites for hydroxylation is 2. The van der Waals surface area contributed by atoms with Crippen molar-refractivity contribution in [2.45, 2.75) is 45.6 Å². The quantitative estimate of drug-likeness (QED) is 0.784. The first-order chi connectivity index (χ1) is 12.6. The van der Waals surface area contributed by atoms with Gasteiger partial charge in [-0.25, -0.2) is 0 Å². The lowest BCUT2D eigenvalue weighted by atomic mass is 10.0. The molecule has 3 rings (SSSR count). The van der Waals surface area contributed by atoms with Crippen molar-refractivity contribution >= 4 is 5.91 Å². The fraction of sp³-hybridized carbons (Fsp3) is 0.435. The molecule has 0 saturated carbocycles. The van der Waals surface area contributed by atoms with E-state index in [9.17, 15) is 4.79 Å². The Hall–Kier alpha value is -2.13. The lowest BCUT2D eigenvalue weighted by molar-refractivity contribution is -0.133. The Morgan fingerprint density at radius 3 is 2.54 bits per heavy atom. The molecule has 2 aromatic carbocycles. The van der Waals surface area contributed by atoms with E-state index in [0.29, 0.717) is 6.42 Å². The summed E-state index contributed by atoms with van der Waals surface area (Å²) in [7, 11) is 0. The van der Waals surface area contributed by atoms with E-state index in [4.69, 9.17) is 4.74 Å². The molecule has 0 bridgehead atoms. The van der Waals surface area contributed by atoms with Crippen LogP contribution in [0.2, 0.25) is 0 Å². The zero-order chi connectivity index (χ0) is 18.4. The molecule has 1 fully saturated rings. The van der Waals surface area contributed by atoms with Crippen LogP contribution in [0.3, 0.4) is 0 Å². The van der Waals surface area contributed by atoms with Gasteiger partial charge in [0.1, 0.15) is 0 Å². The van der Waals surface area contributed by atoms with Crippen LogP contribution in [-0.2, 0) is 22.4 Å². The summed E-state index contributed by atoms with van der Waals surface area (Å²) in [4.78, 5) is 14.6. The van der Waals surface area contributed by atoms with Crippen molar-refractivity contribution in [2.24, 2.45) is 0 Å². The number of amides is 1. The molecule has 0 aromatic heterocycles. The first-order valence-electron chi connectivity index (χ1n) is 9.61. The van der Waals surface area contributed by atoms with Crippen molar-refractivity contribution in [3.8, 4) is 0 Å². The van der Waals surface area contributed by atoms with Crippen LogP contribution in [0.25, 0.3) is 0 Å². The minimum absolute atomic E-state index is 0.237. The molecule has 0 atom stereocenters. The maximum Gasteiger partial charge on any atom is 0.227 e. The van der Waals surface area contributed by atoms with Gasteiger partial charge in [-0.3, -0.25) is 4.79 Å². The van der Waals surface area contributed by atoms with Crippen molar-refractivity contribution in [3.05, 3.63) is 70.8 Å². The molecule has 0 spiro atoms. The number of rotatable bonds is 6. The topological polar surface area (TPSA) is 29.5 Å². The number of hydrogen-bond donors (Lipinski definition) is 0. The zero-order valence-corrected chi connectivity index (χ0v) is 15.9. The lowest BCUT2D eigenvalue weighted by Crippen LogP contribution is -2.41. The summed E-state index contributed by atoms with van der Waals surface area (Å²) in [6.45, 7) is 6.52. The van der Waals surface area contributed by atoms with Gasteiger partial charge in [-0.05, 0) is 49.8 Å². The maximum atomic E-state index is 12.6. The summed E-state index contributed by atoms with van der Waals surface area (Å²) in [5.41, 5.74) is 4.87. The first kappa shape index (κ1) is 18.7. The lowest BCUT2D eigenvalue weighted by Gasteiger charge is -2.32. The average molecular weight is 351 g/mol. The van der Waals surface area contributed by atoms with E-state index < -0.39 is 0 Å². The van der Waals surface area contributed by atoms with Crippen LogP contribution in [0.1, 0.15) is 35.1 Å². The smallest absolute Gasteiger partial charge is 0.227 e. The molecule has 0 aliphatic carbocycles. The van der Waals surface area contributed by atoms with E-state index in [0.717, 1.165) is 44.5 Å². The van der Waals surface area contributed by atoms with Crippen LogP contribution in [0.4, 0.5) is 0 Å². The Balaban J connectivity index is 1.41. The van der Waals surface area contributed by atoms with Gasteiger partial charge in [0.15, 0.2) is 0 Å². The molecule has 26 heavy (non-hydrogen) atoms. The molecule has 1 aliphatic rings. The predicted molar refractivity (Wildman–Crippen MR) is 105 cm³/mol. The van der Waals surface area contributed by atoms with Crippen LogP contribution in [0.15, 0.2) is 48.5 Å². The number of ether oxygens (including phenoxy) is 1. The predicted octanol–water partition coefficient (Wildman–Crippen LogP) is 4.10. The van der Waals surface area contributed by atoms with Gasteiger partial charge in [0.25, 0.3) is 0 Å². The van der Waals surface area contributed by atoms with Gasteiger partial charge in [-0.1, -0.05) is 54.1 Å². The highest BCUT2D eigenvalue weighted by Gasteiger charge is 2.23. The van der Waals surface area contributed by atoms with Crippen LogP contribution in [0.5, 0.6) is 0 Å². The number of benzene rings is 2. The zero-order valence-electron chi connectivity index (χ0n) is 15.9. The number of likely N-dealkylation sites (tertiary alicyclic amines) is 1. The van der Waals surface area contributed by atoms with E-state index in [2.05, 4.69) is 56.3 Å². The number of hydrogen-bond acceptors (Lipinski definition) is 2. The maximum absolute atomic E-state index is 12.6. The largest absolute Gasteiger partial charge is 0.378 e. The molecule has 3 nitrogen and oxygen atoms in total. The first-order valence-corrected chi connectivity index (χ1v) is 9.61. The van der Waals surface area contributed by atoms with E-state index >= 15 is 0 Å². The van der Waals surface area contributed by atoms with Crippen molar-refractivity contribution in [2.75, 3.05) is 19.7 Å². The highest BCUT2D eigenvalue weighted by Crippen LogP contribution is 2.17. The molecular weight excluding hydrogens is 322 g/mol. The van der Waals surface area contributed by atoms with E-state index in [-0.39, 0.29) is 12.0 Å². The summed E-state index contributed by atoms with van der Waals surface area (Å²) in [5.74, 6) is 0.237. The molecule has 0 unspecified atom stereocenters. The second-order valence-electron chi connectivity index (χ2n) is 7.29. The van der Waals surface area contributed by atoms with E-state index in [1.165, 1.54) is 16.7 Å². The molecule has 3 heteroatoms. The van der Waals surface area contributed by atoms with Gasteiger partial charge in [-0.2, -0.15) is 0 Å². The molecule has 0 radical (unpaired) electrons.